The maximum atomic E-state index is 12.3. The molecule has 0 bridgehead atoms. The van der Waals surface area contributed by atoms with Crippen molar-refractivity contribution in [2.24, 2.45) is 0 Å². The molecule has 0 saturated heterocycles. The van der Waals surface area contributed by atoms with Crippen LogP contribution < -0.4 is 25.6 Å². The average molecular weight is 430 g/mol. The third-order valence-corrected chi connectivity index (χ3v) is 4.46. The van der Waals surface area contributed by atoms with E-state index in [1.165, 1.54) is 20.0 Å². The van der Waals surface area contributed by atoms with E-state index < -0.39 is 11.8 Å². The summed E-state index contributed by atoms with van der Waals surface area (Å²) in [4.78, 5) is 24.5. The number of rotatable bonds is 9. The average Bonchev–Trinajstić information content (AvgIpc) is 2.77. The molecule has 2 rings (SSSR count). The van der Waals surface area contributed by atoms with E-state index in [4.69, 9.17) is 21.7 Å². The Hall–Kier alpha value is -3.13. The smallest absolute Gasteiger partial charge is 0.273 e. The summed E-state index contributed by atoms with van der Waals surface area (Å²) in [5.41, 5.74) is 5.71. The molecule has 0 aliphatic rings. The van der Waals surface area contributed by atoms with Gasteiger partial charge >= 0.3 is 0 Å². The summed E-state index contributed by atoms with van der Waals surface area (Å²) in [6.45, 7) is 2.83. The van der Waals surface area contributed by atoms with Gasteiger partial charge in [0.05, 0.1) is 19.3 Å². The topological polar surface area (TPSA) is 88.7 Å². The Morgan fingerprint density at radius 2 is 1.67 bits per heavy atom. The van der Waals surface area contributed by atoms with E-state index in [1.807, 2.05) is 0 Å². The lowest BCUT2D eigenvalue weighted by atomic mass is 10.2. The zero-order valence-electron chi connectivity index (χ0n) is 17.2. The molecular formula is C22H27N3O4S. The zero-order chi connectivity index (χ0) is 21.8. The first kappa shape index (κ1) is 23.2. The van der Waals surface area contributed by atoms with Gasteiger partial charge in [0.15, 0.2) is 5.11 Å². The Balaban J connectivity index is 1.78. The van der Waals surface area contributed by atoms with E-state index in [0.717, 1.165) is 12.8 Å². The van der Waals surface area contributed by atoms with Gasteiger partial charge in [-0.3, -0.25) is 25.8 Å². The van der Waals surface area contributed by atoms with Gasteiger partial charge in [-0.05, 0) is 55.0 Å². The van der Waals surface area contributed by atoms with E-state index in [9.17, 15) is 9.59 Å². The summed E-state index contributed by atoms with van der Waals surface area (Å²) in [5.74, 6) is 0.310. The molecule has 0 aliphatic heterocycles. The van der Waals surface area contributed by atoms with Crippen molar-refractivity contribution in [3.63, 3.8) is 0 Å². The number of hydrazine groups is 1. The Morgan fingerprint density at radius 3 is 2.37 bits per heavy atom. The van der Waals surface area contributed by atoms with Gasteiger partial charge in [-0.2, -0.15) is 0 Å². The van der Waals surface area contributed by atoms with Crippen molar-refractivity contribution < 1.29 is 19.1 Å². The molecular weight excluding hydrogens is 402 g/mol. The number of amides is 2. The number of para-hydroxylation sites is 1. The van der Waals surface area contributed by atoms with Gasteiger partial charge in [-0.1, -0.05) is 38.3 Å². The number of thiocarbonyl (C=S) groups is 1. The fraction of sp³-hybridized carbons (Fsp3) is 0.318. The van der Waals surface area contributed by atoms with E-state index in [2.05, 4.69) is 23.1 Å². The Kier molecular flexibility index (Phi) is 9.60. The summed E-state index contributed by atoms with van der Waals surface area (Å²) >= 11 is 5.06. The van der Waals surface area contributed by atoms with Crippen molar-refractivity contribution in [3.05, 3.63) is 59.7 Å². The van der Waals surface area contributed by atoms with Crippen molar-refractivity contribution in [2.45, 2.75) is 32.6 Å². The number of methoxy groups -OCH3 is 1. The van der Waals surface area contributed by atoms with Crippen molar-refractivity contribution in [1.82, 2.24) is 16.2 Å². The van der Waals surface area contributed by atoms with Gasteiger partial charge in [0.1, 0.15) is 11.5 Å². The molecule has 2 aromatic rings. The van der Waals surface area contributed by atoms with Crippen LogP contribution in [0.25, 0.3) is 0 Å². The highest BCUT2D eigenvalue weighted by Gasteiger charge is 2.13. The number of hydrogen-bond donors (Lipinski definition) is 3. The number of carbonyl (C=O) groups is 2. The molecule has 0 radical (unpaired) electrons. The lowest BCUT2D eigenvalue weighted by molar-refractivity contribution is 0.0932. The zero-order valence-corrected chi connectivity index (χ0v) is 18.0. The second-order valence-corrected chi connectivity index (χ2v) is 6.90. The van der Waals surface area contributed by atoms with Crippen LogP contribution in [0.3, 0.4) is 0 Å². The van der Waals surface area contributed by atoms with Gasteiger partial charge < -0.3 is 9.47 Å². The maximum absolute atomic E-state index is 12.3. The first-order chi connectivity index (χ1) is 14.5. The standard InChI is InChI=1S/C22H27N3O4S/c1-3-4-5-8-15-29-17-13-11-16(12-14-17)20(26)23-22(30)25-24-21(27)18-9-6-7-10-19(18)28-2/h6-7,9-14H,3-5,8,15H2,1-2H3,(H,24,27)(H2,23,25,26,30). The minimum absolute atomic E-state index is 0.0282. The second kappa shape index (κ2) is 12.4. The van der Waals surface area contributed by atoms with Crippen molar-refractivity contribution in [2.75, 3.05) is 13.7 Å². The van der Waals surface area contributed by atoms with Gasteiger partial charge in [0, 0.05) is 5.56 Å². The van der Waals surface area contributed by atoms with E-state index in [-0.39, 0.29) is 5.11 Å². The Morgan fingerprint density at radius 1 is 0.933 bits per heavy atom. The summed E-state index contributed by atoms with van der Waals surface area (Å²) in [5, 5.41) is 2.48. The highest BCUT2D eigenvalue weighted by Crippen LogP contribution is 2.16. The van der Waals surface area contributed by atoms with Crippen LogP contribution >= 0.6 is 12.2 Å². The predicted molar refractivity (Wildman–Crippen MR) is 120 cm³/mol. The molecule has 2 aromatic carbocycles. The lowest BCUT2D eigenvalue weighted by Gasteiger charge is -2.12. The predicted octanol–water partition coefficient (Wildman–Crippen LogP) is 3.60. The van der Waals surface area contributed by atoms with Gasteiger partial charge in [-0.15, -0.1) is 0 Å². The first-order valence-corrected chi connectivity index (χ1v) is 10.2. The van der Waals surface area contributed by atoms with Gasteiger partial charge in [0.25, 0.3) is 11.8 Å². The maximum Gasteiger partial charge on any atom is 0.273 e. The summed E-state index contributed by atoms with van der Waals surface area (Å²) in [6, 6.07) is 13.6. The number of hydrogen-bond acceptors (Lipinski definition) is 5. The van der Waals surface area contributed by atoms with Crippen LogP contribution in [-0.2, 0) is 0 Å². The fourth-order valence-corrected chi connectivity index (χ4v) is 2.78. The number of nitrogens with one attached hydrogen (secondary N) is 3. The molecule has 0 heterocycles. The van der Waals surface area contributed by atoms with Gasteiger partial charge in [-0.25, -0.2) is 0 Å². The molecule has 0 unspecified atom stereocenters. The molecule has 0 aromatic heterocycles. The molecule has 160 valence electrons. The molecule has 7 nitrogen and oxygen atoms in total. The molecule has 3 N–H and O–H groups in total. The molecule has 30 heavy (non-hydrogen) atoms. The molecule has 0 aliphatic carbocycles. The van der Waals surface area contributed by atoms with Gasteiger partial charge in [0.2, 0.25) is 0 Å². The molecule has 0 spiro atoms. The molecule has 0 saturated carbocycles. The molecule has 0 fully saturated rings. The number of ether oxygens (including phenoxy) is 2. The summed E-state index contributed by atoms with van der Waals surface area (Å²) < 4.78 is 10.8. The SMILES string of the molecule is CCCCCCOc1ccc(C(=O)NC(=S)NNC(=O)c2ccccc2OC)cc1. The number of carbonyl (C=O) groups excluding carboxylic acids is 2. The molecule has 2 amide bonds. The highest BCUT2D eigenvalue weighted by molar-refractivity contribution is 7.80. The van der Waals surface area contributed by atoms with Crippen molar-refractivity contribution in [3.8, 4) is 11.5 Å². The third kappa shape index (κ3) is 7.36. The van der Waals surface area contributed by atoms with Crippen LogP contribution in [-0.4, -0.2) is 30.6 Å². The Labute approximate surface area is 182 Å². The van der Waals surface area contributed by atoms with E-state index >= 15 is 0 Å². The molecule has 0 atom stereocenters. The van der Waals surface area contributed by atoms with Crippen LogP contribution in [0.4, 0.5) is 0 Å². The lowest BCUT2D eigenvalue weighted by Crippen LogP contribution is -2.48. The highest BCUT2D eigenvalue weighted by atomic mass is 32.1. The second-order valence-electron chi connectivity index (χ2n) is 6.50. The van der Waals surface area contributed by atoms with Crippen LogP contribution in [0.2, 0.25) is 0 Å². The van der Waals surface area contributed by atoms with Crippen LogP contribution in [0.15, 0.2) is 48.5 Å². The van der Waals surface area contributed by atoms with Crippen LogP contribution in [0.5, 0.6) is 11.5 Å². The minimum atomic E-state index is -0.440. The molecule has 8 heteroatoms. The normalized spacial score (nSPS) is 10.1. The minimum Gasteiger partial charge on any atom is -0.496 e. The summed E-state index contributed by atoms with van der Waals surface area (Å²) in [7, 11) is 1.48. The van der Waals surface area contributed by atoms with E-state index in [0.29, 0.717) is 29.2 Å². The number of benzene rings is 2. The van der Waals surface area contributed by atoms with E-state index in [1.54, 1.807) is 48.5 Å². The fourth-order valence-electron chi connectivity index (χ4n) is 2.64. The van der Waals surface area contributed by atoms with Crippen LogP contribution in [0, 0.1) is 0 Å². The quantitative estimate of drug-likeness (QED) is 0.321. The number of unbranched alkanes of at least 4 members (excludes halogenated alkanes) is 3. The largest absolute Gasteiger partial charge is 0.496 e. The van der Waals surface area contributed by atoms with Crippen LogP contribution in [0.1, 0.15) is 53.3 Å². The monoisotopic (exact) mass is 429 g/mol. The Bertz CT molecular complexity index is 856. The van der Waals surface area contributed by atoms with Crippen molar-refractivity contribution >= 4 is 29.1 Å². The summed E-state index contributed by atoms with van der Waals surface area (Å²) in [6.07, 6.45) is 4.55. The first-order valence-electron chi connectivity index (χ1n) is 9.82. The van der Waals surface area contributed by atoms with Crippen molar-refractivity contribution in [1.29, 1.82) is 0 Å². The third-order valence-electron chi connectivity index (χ3n) is 4.25.